The van der Waals surface area contributed by atoms with Crippen molar-refractivity contribution < 1.29 is 9.59 Å². The summed E-state index contributed by atoms with van der Waals surface area (Å²) in [7, 11) is 0. The van der Waals surface area contributed by atoms with Crippen molar-refractivity contribution in [1.82, 2.24) is 5.32 Å². The van der Waals surface area contributed by atoms with E-state index in [1.54, 1.807) is 0 Å². The highest BCUT2D eigenvalue weighted by Crippen LogP contribution is 2.25. The first-order valence-electron chi connectivity index (χ1n) is 12.3. The van der Waals surface area contributed by atoms with Gasteiger partial charge in [-0.2, -0.15) is 0 Å². The average Bonchev–Trinajstić information content (AvgIpc) is 3.12. The van der Waals surface area contributed by atoms with Gasteiger partial charge in [-0.05, 0) is 39.0 Å². The van der Waals surface area contributed by atoms with Crippen molar-refractivity contribution in [3.63, 3.8) is 0 Å². The highest BCUT2D eigenvalue weighted by Gasteiger charge is 2.40. The lowest BCUT2D eigenvalue weighted by Crippen LogP contribution is -2.57. The number of hydrogen-bond donors (Lipinski definition) is 2. The van der Waals surface area contributed by atoms with Gasteiger partial charge in [0.1, 0.15) is 6.20 Å². The molecule has 164 valence electrons. The normalized spacial score (nSPS) is 22.8. The van der Waals surface area contributed by atoms with E-state index in [4.69, 9.17) is 0 Å². The molecule has 0 saturated heterocycles. The van der Waals surface area contributed by atoms with Gasteiger partial charge in [-0.15, -0.1) is 0 Å². The van der Waals surface area contributed by atoms with Crippen LogP contribution in [-0.2, 0) is 0 Å². The van der Waals surface area contributed by atoms with Crippen LogP contribution >= 0.6 is 0 Å². The fraction of sp³-hybridized carbons (Fsp3) is 0.840. The van der Waals surface area contributed by atoms with Crippen molar-refractivity contribution >= 4 is 0 Å². The van der Waals surface area contributed by atoms with E-state index in [-0.39, 0.29) is 6.23 Å². The van der Waals surface area contributed by atoms with Gasteiger partial charge in [-0.1, -0.05) is 76.9 Å². The largest absolute Gasteiger partial charge is 0.345 e. The summed E-state index contributed by atoms with van der Waals surface area (Å²) < 4.78 is 0.674. The van der Waals surface area contributed by atoms with E-state index in [0.717, 1.165) is 13.0 Å². The molecule has 2 N–H and O–H groups in total. The summed E-state index contributed by atoms with van der Waals surface area (Å²) >= 11 is 0. The van der Waals surface area contributed by atoms with Crippen LogP contribution in [-0.4, -0.2) is 28.5 Å². The number of aliphatic hydroxyl groups is 1. The molecule has 0 amide bonds. The molecule has 0 saturated carbocycles. The third-order valence-electron chi connectivity index (χ3n) is 6.45. The predicted octanol–water partition coefficient (Wildman–Crippen LogP) is 6.99. The molecule has 0 aliphatic carbocycles. The molecule has 3 heteroatoms. The third-order valence-corrected chi connectivity index (χ3v) is 6.45. The molecule has 0 aromatic heterocycles. The van der Waals surface area contributed by atoms with Crippen LogP contribution in [0.5, 0.6) is 0 Å². The van der Waals surface area contributed by atoms with Crippen LogP contribution < -0.4 is 5.32 Å². The average molecular weight is 394 g/mol. The molecule has 0 aromatic rings. The first-order chi connectivity index (χ1) is 13.7. The molecule has 0 bridgehead atoms. The van der Waals surface area contributed by atoms with E-state index < -0.39 is 0 Å². The Labute approximate surface area is 175 Å². The van der Waals surface area contributed by atoms with Crippen LogP contribution in [0.2, 0.25) is 0 Å². The number of allylic oxidation sites excluding steroid dienone is 2. The van der Waals surface area contributed by atoms with Crippen molar-refractivity contribution in [2.24, 2.45) is 0 Å². The molecule has 0 spiro atoms. The van der Waals surface area contributed by atoms with Gasteiger partial charge in [0.15, 0.2) is 12.4 Å². The van der Waals surface area contributed by atoms with Crippen LogP contribution in [0, 0.1) is 0 Å². The topological polar surface area (TPSA) is 32.3 Å². The third kappa shape index (κ3) is 9.60. The summed E-state index contributed by atoms with van der Waals surface area (Å²) in [5, 5.41) is 13.6. The number of nitrogens with zero attached hydrogens (tertiary/aromatic N) is 1. The predicted molar refractivity (Wildman–Crippen MR) is 123 cm³/mol. The Morgan fingerprint density at radius 2 is 1.39 bits per heavy atom. The van der Waals surface area contributed by atoms with Gasteiger partial charge in [-0.25, -0.2) is 0 Å². The lowest BCUT2D eigenvalue weighted by Gasteiger charge is -2.39. The van der Waals surface area contributed by atoms with E-state index in [9.17, 15) is 5.11 Å². The van der Waals surface area contributed by atoms with Gasteiger partial charge in [0.05, 0.1) is 12.7 Å². The summed E-state index contributed by atoms with van der Waals surface area (Å²) in [5.41, 5.74) is 0. The lowest BCUT2D eigenvalue weighted by molar-refractivity contribution is -0.942. The lowest BCUT2D eigenvalue weighted by atomic mass is 10.0. The number of quaternary nitrogens is 1. The van der Waals surface area contributed by atoms with E-state index in [2.05, 4.69) is 37.5 Å². The number of nitrogens with one attached hydrogen (secondary N) is 1. The Balaban J connectivity index is 1.90. The molecule has 0 radical (unpaired) electrons. The molecule has 1 aliphatic rings. The monoisotopic (exact) mass is 393 g/mol. The number of rotatable bonds is 18. The first kappa shape index (κ1) is 25.2. The Morgan fingerprint density at radius 1 is 0.857 bits per heavy atom. The molecule has 0 fully saturated rings. The first-order valence-corrected chi connectivity index (χ1v) is 12.3. The highest BCUT2D eigenvalue weighted by molar-refractivity contribution is 4.84. The maximum Gasteiger partial charge on any atom is 0.193 e. The Bertz CT molecular complexity index is 419. The SMILES string of the molecule is CCCCCC/C=C/CCCCCCCCCCC1NC=C[N+]1(CC)C(C)O. The fourth-order valence-electron chi connectivity index (χ4n) is 4.42. The van der Waals surface area contributed by atoms with Gasteiger partial charge >= 0.3 is 0 Å². The van der Waals surface area contributed by atoms with Crippen molar-refractivity contribution in [3.8, 4) is 0 Å². The van der Waals surface area contributed by atoms with Crippen molar-refractivity contribution in [2.45, 2.75) is 129 Å². The number of aliphatic hydroxyl groups excluding tert-OH is 1. The van der Waals surface area contributed by atoms with Crippen LogP contribution in [0.1, 0.15) is 117 Å². The van der Waals surface area contributed by atoms with E-state index in [0.29, 0.717) is 10.6 Å². The van der Waals surface area contributed by atoms with Crippen molar-refractivity contribution in [2.75, 3.05) is 6.54 Å². The quantitative estimate of drug-likeness (QED) is 0.149. The maximum atomic E-state index is 10.2. The summed E-state index contributed by atoms with van der Waals surface area (Å²) in [6.07, 6.45) is 29.1. The smallest absolute Gasteiger partial charge is 0.193 e. The molecule has 1 rings (SSSR count). The fourth-order valence-corrected chi connectivity index (χ4v) is 4.42. The molecule has 1 aliphatic heterocycles. The standard InChI is InChI=1S/C25H49N2O/c1-4-6-7-8-9-10-11-12-13-14-15-16-17-18-19-20-21-25-26-22-23-27(25,5-2)24(3)28/h10-11,22-26,28H,4-9,12-21H2,1-3H3/q+1/b11-10+. The second-order valence-corrected chi connectivity index (χ2v) is 8.67. The molecule has 3 unspecified atom stereocenters. The summed E-state index contributed by atoms with van der Waals surface area (Å²) in [6.45, 7) is 7.30. The molecule has 3 atom stereocenters. The van der Waals surface area contributed by atoms with Crippen molar-refractivity contribution in [3.05, 3.63) is 24.6 Å². The molecule has 28 heavy (non-hydrogen) atoms. The molecule has 1 heterocycles. The summed E-state index contributed by atoms with van der Waals surface area (Å²) in [6, 6.07) is 0. The van der Waals surface area contributed by atoms with Gasteiger partial charge < -0.3 is 10.4 Å². The number of hydrogen-bond acceptors (Lipinski definition) is 2. The highest BCUT2D eigenvalue weighted by atomic mass is 16.3. The van der Waals surface area contributed by atoms with Gasteiger partial charge in [0, 0.05) is 13.3 Å². The maximum absolute atomic E-state index is 10.2. The van der Waals surface area contributed by atoms with E-state index in [1.807, 2.05) is 13.1 Å². The molecular weight excluding hydrogens is 344 g/mol. The Morgan fingerprint density at radius 3 is 1.93 bits per heavy atom. The minimum Gasteiger partial charge on any atom is -0.345 e. The van der Waals surface area contributed by atoms with Gasteiger partial charge in [-0.3, -0.25) is 4.48 Å². The van der Waals surface area contributed by atoms with Gasteiger partial charge in [0.2, 0.25) is 0 Å². The van der Waals surface area contributed by atoms with Crippen LogP contribution in [0.15, 0.2) is 24.6 Å². The number of unbranched alkanes of at least 4 members (excludes halogenated alkanes) is 12. The van der Waals surface area contributed by atoms with E-state index in [1.165, 1.54) is 89.9 Å². The Hall–Kier alpha value is -0.800. The zero-order valence-electron chi connectivity index (χ0n) is 19.2. The summed E-state index contributed by atoms with van der Waals surface area (Å²) in [4.78, 5) is 0. The Kier molecular flexibility index (Phi) is 14.5. The second-order valence-electron chi connectivity index (χ2n) is 8.67. The van der Waals surface area contributed by atoms with Crippen LogP contribution in [0.25, 0.3) is 0 Å². The minimum absolute atomic E-state index is 0.336. The second kappa shape index (κ2) is 16.0. The molecule has 3 nitrogen and oxygen atoms in total. The summed E-state index contributed by atoms with van der Waals surface area (Å²) in [5.74, 6) is 0. The minimum atomic E-state index is -0.336. The van der Waals surface area contributed by atoms with E-state index >= 15 is 0 Å². The van der Waals surface area contributed by atoms with Crippen LogP contribution in [0.4, 0.5) is 0 Å². The van der Waals surface area contributed by atoms with Crippen LogP contribution in [0.3, 0.4) is 0 Å². The molecule has 0 aromatic carbocycles. The zero-order chi connectivity index (χ0) is 20.5. The van der Waals surface area contributed by atoms with Crippen molar-refractivity contribution in [1.29, 1.82) is 0 Å². The van der Waals surface area contributed by atoms with Gasteiger partial charge in [0.25, 0.3) is 0 Å². The molecular formula is C25H49N2O+. The zero-order valence-corrected chi connectivity index (χ0v) is 19.2.